The van der Waals surface area contributed by atoms with Crippen LogP contribution in [0.15, 0.2) is 42.7 Å². The maximum absolute atomic E-state index is 12.3. The highest BCUT2D eigenvalue weighted by Crippen LogP contribution is 2.31. The van der Waals surface area contributed by atoms with Crippen molar-refractivity contribution in [3.63, 3.8) is 0 Å². The molecular formula is C12H9F3N2O. The van der Waals surface area contributed by atoms with Crippen LogP contribution in [-0.2, 0) is 6.18 Å². The van der Waals surface area contributed by atoms with Gasteiger partial charge in [-0.3, -0.25) is 4.98 Å². The molecule has 0 spiro atoms. The minimum Gasteiger partial charge on any atom is -0.456 e. The van der Waals surface area contributed by atoms with Gasteiger partial charge in [0.1, 0.15) is 11.5 Å². The summed E-state index contributed by atoms with van der Waals surface area (Å²) in [5.74, 6) is 0.658. The fourth-order valence-electron chi connectivity index (χ4n) is 1.34. The van der Waals surface area contributed by atoms with Crippen molar-refractivity contribution in [1.82, 2.24) is 4.98 Å². The summed E-state index contributed by atoms with van der Waals surface area (Å²) < 4.78 is 42.3. The smallest absolute Gasteiger partial charge is 0.416 e. The molecule has 2 rings (SSSR count). The molecule has 1 aromatic heterocycles. The second-order valence-electron chi connectivity index (χ2n) is 3.58. The van der Waals surface area contributed by atoms with Crippen LogP contribution in [0.1, 0.15) is 5.56 Å². The lowest BCUT2D eigenvalue weighted by Gasteiger charge is -2.08. The summed E-state index contributed by atoms with van der Waals surface area (Å²) in [5, 5.41) is 0. The largest absolute Gasteiger partial charge is 0.456 e. The molecule has 0 saturated carbocycles. The summed E-state index contributed by atoms with van der Waals surface area (Å²) in [6.45, 7) is 0. The van der Waals surface area contributed by atoms with E-state index < -0.39 is 11.7 Å². The molecule has 0 aliphatic rings. The van der Waals surface area contributed by atoms with Crippen LogP contribution in [0.3, 0.4) is 0 Å². The van der Waals surface area contributed by atoms with Crippen LogP contribution in [0.4, 0.5) is 18.9 Å². The summed E-state index contributed by atoms with van der Waals surface area (Å²) >= 11 is 0. The fourth-order valence-corrected chi connectivity index (χ4v) is 1.34. The molecule has 0 aliphatic heterocycles. The monoisotopic (exact) mass is 254 g/mol. The Hall–Kier alpha value is -2.24. The number of hydrogen-bond donors (Lipinski definition) is 1. The standard InChI is InChI=1S/C12H9F3N2O/c13-12(14,15)8-1-3-10(4-2-8)18-11-5-9(16)6-17-7-11/h1-7H,16H2. The maximum Gasteiger partial charge on any atom is 0.416 e. The first-order valence-corrected chi connectivity index (χ1v) is 5.01. The van der Waals surface area contributed by atoms with Crippen LogP contribution < -0.4 is 10.5 Å². The molecule has 0 bridgehead atoms. The number of rotatable bonds is 2. The zero-order valence-corrected chi connectivity index (χ0v) is 9.11. The summed E-state index contributed by atoms with van der Waals surface area (Å²) in [6, 6.07) is 5.92. The highest BCUT2D eigenvalue weighted by atomic mass is 19.4. The number of benzene rings is 1. The SMILES string of the molecule is Nc1cncc(Oc2ccc(C(F)(F)F)cc2)c1. The Balaban J connectivity index is 2.16. The Morgan fingerprint density at radius 1 is 1.00 bits per heavy atom. The third-order valence-corrected chi connectivity index (χ3v) is 2.15. The minimum atomic E-state index is -4.35. The van der Waals surface area contributed by atoms with Crippen molar-refractivity contribution < 1.29 is 17.9 Å². The van der Waals surface area contributed by atoms with Crippen LogP contribution in [0, 0.1) is 0 Å². The first-order chi connectivity index (χ1) is 8.45. The zero-order chi connectivity index (χ0) is 13.2. The van der Waals surface area contributed by atoms with Gasteiger partial charge >= 0.3 is 6.18 Å². The molecule has 2 aromatic rings. The normalized spacial score (nSPS) is 11.3. The molecule has 1 heterocycles. The van der Waals surface area contributed by atoms with E-state index in [1.165, 1.54) is 30.6 Å². The highest BCUT2D eigenvalue weighted by Gasteiger charge is 2.30. The van der Waals surface area contributed by atoms with Crippen LogP contribution in [-0.4, -0.2) is 4.98 Å². The number of alkyl halides is 3. The first-order valence-electron chi connectivity index (χ1n) is 5.01. The summed E-state index contributed by atoms with van der Waals surface area (Å²) in [5.41, 5.74) is 5.20. The third-order valence-electron chi connectivity index (χ3n) is 2.15. The fraction of sp³-hybridized carbons (Fsp3) is 0.0833. The number of ether oxygens (including phenoxy) is 1. The van der Waals surface area contributed by atoms with Gasteiger partial charge in [0, 0.05) is 6.07 Å². The number of halogens is 3. The van der Waals surface area contributed by atoms with Crippen LogP contribution in [0.2, 0.25) is 0 Å². The van der Waals surface area contributed by atoms with Crippen molar-refractivity contribution in [3.8, 4) is 11.5 Å². The van der Waals surface area contributed by atoms with E-state index >= 15 is 0 Å². The van der Waals surface area contributed by atoms with Gasteiger partial charge in [-0.05, 0) is 24.3 Å². The van der Waals surface area contributed by atoms with Gasteiger partial charge in [-0.1, -0.05) is 0 Å². The first kappa shape index (κ1) is 12.2. The number of pyridine rings is 1. The lowest BCUT2D eigenvalue weighted by Crippen LogP contribution is -2.04. The van der Waals surface area contributed by atoms with Crippen LogP contribution in [0.5, 0.6) is 11.5 Å². The number of nitrogens with zero attached hydrogens (tertiary/aromatic N) is 1. The second-order valence-corrected chi connectivity index (χ2v) is 3.58. The van der Waals surface area contributed by atoms with Crippen molar-refractivity contribution in [1.29, 1.82) is 0 Å². The molecule has 6 heteroatoms. The number of anilines is 1. The summed E-state index contributed by atoms with van der Waals surface area (Å²) in [4.78, 5) is 3.81. The number of nitrogen functional groups attached to an aromatic ring is 1. The Bertz CT molecular complexity index is 538. The molecule has 0 unspecified atom stereocenters. The Morgan fingerprint density at radius 3 is 2.22 bits per heavy atom. The van der Waals surface area contributed by atoms with Crippen molar-refractivity contribution in [2.24, 2.45) is 0 Å². The molecule has 1 aromatic carbocycles. The predicted octanol–water partition coefficient (Wildman–Crippen LogP) is 3.47. The van der Waals surface area contributed by atoms with E-state index in [9.17, 15) is 13.2 Å². The predicted molar refractivity (Wildman–Crippen MR) is 60.2 cm³/mol. The number of aromatic nitrogens is 1. The van der Waals surface area contributed by atoms with Gasteiger partial charge in [-0.25, -0.2) is 0 Å². The second kappa shape index (κ2) is 4.56. The van der Waals surface area contributed by atoms with Gasteiger partial charge in [0.2, 0.25) is 0 Å². The lowest BCUT2D eigenvalue weighted by atomic mass is 10.2. The molecule has 0 fully saturated rings. The molecule has 0 radical (unpaired) electrons. The van der Waals surface area contributed by atoms with Crippen molar-refractivity contribution in [2.75, 3.05) is 5.73 Å². The zero-order valence-electron chi connectivity index (χ0n) is 9.11. The average molecular weight is 254 g/mol. The van der Waals surface area contributed by atoms with Crippen molar-refractivity contribution >= 4 is 5.69 Å². The van der Waals surface area contributed by atoms with E-state index in [0.29, 0.717) is 11.4 Å². The van der Waals surface area contributed by atoms with E-state index in [1.54, 1.807) is 0 Å². The van der Waals surface area contributed by atoms with Crippen molar-refractivity contribution in [3.05, 3.63) is 48.3 Å². The van der Waals surface area contributed by atoms with Gasteiger partial charge in [-0.2, -0.15) is 13.2 Å². The maximum atomic E-state index is 12.3. The molecule has 0 amide bonds. The van der Waals surface area contributed by atoms with Gasteiger partial charge in [0.25, 0.3) is 0 Å². The molecule has 0 aliphatic carbocycles. The Kier molecular flexibility index (Phi) is 3.10. The van der Waals surface area contributed by atoms with E-state index in [0.717, 1.165) is 12.1 Å². The highest BCUT2D eigenvalue weighted by molar-refractivity contribution is 5.42. The molecule has 94 valence electrons. The quantitative estimate of drug-likeness (QED) is 0.892. The number of nitrogens with two attached hydrogens (primary N) is 1. The summed E-state index contributed by atoms with van der Waals surface area (Å²) in [6.07, 6.45) is -1.48. The van der Waals surface area contributed by atoms with E-state index in [4.69, 9.17) is 10.5 Å². The average Bonchev–Trinajstić information content (AvgIpc) is 2.28. The molecule has 3 nitrogen and oxygen atoms in total. The van der Waals surface area contributed by atoms with Gasteiger partial charge in [-0.15, -0.1) is 0 Å². The molecule has 2 N–H and O–H groups in total. The van der Waals surface area contributed by atoms with Crippen LogP contribution >= 0.6 is 0 Å². The molecule has 18 heavy (non-hydrogen) atoms. The Morgan fingerprint density at radius 2 is 1.67 bits per heavy atom. The summed E-state index contributed by atoms with van der Waals surface area (Å²) in [7, 11) is 0. The lowest BCUT2D eigenvalue weighted by molar-refractivity contribution is -0.137. The topological polar surface area (TPSA) is 48.1 Å². The third kappa shape index (κ3) is 2.91. The van der Waals surface area contributed by atoms with Crippen LogP contribution in [0.25, 0.3) is 0 Å². The van der Waals surface area contributed by atoms with Crippen molar-refractivity contribution in [2.45, 2.75) is 6.18 Å². The van der Waals surface area contributed by atoms with E-state index in [-0.39, 0.29) is 5.75 Å². The molecule has 0 atom stereocenters. The van der Waals surface area contributed by atoms with Gasteiger partial charge < -0.3 is 10.5 Å². The van der Waals surface area contributed by atoms with E-state index in [1.807, 2.05) is 0 Å². The van der Waals surface area contributed by atoms with Gasteiger partial charge in [0.05, 0.1) is 23.6 Å². The van der Waals surface area contributed by atoms with E-state index in [2.05, 4.69) is 4.98 Å². The number of hydrogen-bond acceptors (Lipinski definition) is 3. The molecule has 0 saturated heterocycles. The minimum absolute atomic E-state index is 0.287. The Labute approximate surface area is 101 Å². The van der Waals surface area contributed by atoms with Gasteiger partial charge in [0.15, 0.2) is 0 Å². The molecular weight excluding hydrogens is 245 g/mol.